The van der Waals surface area contributed by atoms with E-state index in [4.69, 9.17) is 9.15 Å². The Balaban J connectivity index is 1.30. The number of rotatable bonds is 5. The Bertz CT molecular complexity index is 913. The van der Waals surface area contributed by atoms with Crippen LogP contribution < -0.4 is 0 Å². The Kier molecular flexibility index (Phi) is 4.57. The monoisotopic (exact) mass is 371 g/mol. The summed E-state index contributed by atoms with van der Waals surface area (Å²) in [4.78, 5) is 27.4. The molecule has 3 aromatic heterocycles. The lowest BCUT2D eigenvalue weighted by atomic mass is 10.1. The van der Waals surface area contributed by atoms with Crippen LogP contribution in [0.25, 0.3) is 0 Å². The van der Waals surface area contributed by atoms with Crippen LogP contribution in [0.2, 0.25) is 0 Å². The number of ether oxygens (including phenoxy) is 1. The molecule has 0 bridgehead atoms. The zero-order chi connectivity index (χ0) is 17.9. The molecule has 0 saturated heterocycles. The average molecular weight is 371 g/mol. The van der Waals surface area contributed by atoms with Gasteiger partial charge in [-0.1, -0.05) is 0 Å². The molecule has 0 N–H and O–H groups in total. The minimum Gasteiger partial charge on any atom is -0.452 e. The Morgan fingerprint density at radius 2 is 2.23 bits per heavy atom. The second-order valence-corrected chi connectivity index (χ2v) is 6.98. The smallest absolute Gasteiger partial charge is 0.374 e. The van der Waals surface area contributed by atoms with Crippen molar-refractivity contribution in [2.24, 2.45) is 0 Å². The van der Waals surface area contributed by atoms with Gasteiger partial charge in [0.15, 0.2) is 6.61 Å². The molecule has 1 aliphatic heterocycles. The van der Waals surface area contributed by atoms with E-state index in [1.165, 1.54) is 10.4 Å². The Hall–Kier alpha value is -2.87. The summed E-state index contributed by atoms with van der Waals surface area (Å²) in [6, 6.07) is 7.09. The Labute approximate surface area is 153 Å². The lowest BCUT2D eigenvalue weighted by Crippen LogP contribution is -2.38. The summed E-state index contributed by atoms with van der Waals surface area (Å²) in [6.07, 6.45) is 4.32. The van der Waals surface area contributed by atoms with Crippen molar-refractivity contribution in [3.63, 3.8) is 0 Å². The minimum atomic E-state index is -0.640. The summed E-state index contributed by atoms with van der Waals surface area (Å²) in [5.41, 5.74) is 1.18. The average Bonchev–Trinajstić information content (AvgIpc) is 3.40. The maximum absolute atomic E-state index is 12.3. The van der Waals surface area contributed by atoms with Gasteiger partial charge in [-0.15, -0.1) is 11.3 Å². The van der Waals surface area contributed by atoms with E-state index in [0.29, 0.717) is 25.4 Å². The van der Waals surface area contributed by atoms with E-state index in [9.17, 15) is 9.59 Å². The number of carbonyl (C=O) groups is 2. The first-order valence-corrected chi connectivity index (χ1v) is 9.13. The van der Waals surface area contributed by atoms with E-state index in [0.717, 1.165) is 6.42 Å². The molecule has 4 heterocycles. The molecule has 8 heteroatoms. The normalized spacial score (nSPS) is 13.5. The topological polar surface area (TPSA) is 77.6 Å². The molecule has 0 unspecified atom stereocenters. The van der Waals surface area contributed by atoms with Crippen molar-refractivity contribution >= 4 is 23.2 Å². The predicted octanol–water partition coefficient (Wildman–Crippen LogP) is 2.33. The van der Waals surface area contributed by atoms with Crippen LogP contribution in [0.15, 0.2) is 46.5 Å². The molecule has 0 atom stereocenters. The number of furan rings is 1. The van der Waals surface area contributed by atoms with Gasteiger partial charge in [0.1, 0.15) is 5.76 Å². The number of aromatic nitrogens is 2. The van der Waals surface area contributed by atoms with E-state index in [1.54, 1.807) is 45.4 Å². The van der Waals surface area contributed by atoms with Crippen LogP contribution in [0.4, 0.5) is 0 Å². The van der Waals surface area contributed by atoms with Crippen LogP contribution in [0, 0.1) is 0 Å². The molecule has 0 radical (unpaired) electrons. The van der Waals surface area contributed by atoms with Gasteiger partial charge in [0, 0.05) is 30.4 Å². The number of nitrogens with zero attached hydrogens (tertiary/aromatic N) is 3. The molecule has 1 amide bonds. The quantitative estimate of drug-likeness (QED) is 0.643. The maximum atomic E-state index is 12.3. The summed E-state index contributed by atoms with van der Waals surface area (Å²) in [7, 11) is 0. The molecule has 0 fully saturated rings. The van der Waals surface area contributed by atoms with Crippen molar-refractivity contribution < 1.29 is 18.7 Å². The lowest BCUT2D eigenvalue weighted by Gasteiger charge is -2.26. The number of thiophene rings is 1. The van der Waals surface area contributed by atoms with E-state index in [1.807, 2.05) is 17.5 Å². The Morgan fingerprint density at radius 3 is 3.08 bits per heavy atom. The fraction of sp³-hybridized carbons (Fsp3) is 0.278. The van der Waals surface area contributed by atoms with Gasteiger partial charge in [0.05, 0.1) is 6.54 Å². The van der Waals surface area contributed by atoms with Gasteiger partial charge in [-0.2, -0.15) is 5.10 Å². The van der Waals surface area contributed by atoms with Crippen molar-refractivity contribution in [2.45, 2.75) is 19.5 Å². The fourth-order valence-electron chi connectivity index (χ4n) is 2.88. The molecular weight excluding hydrogens is 354 g/mol. The largest absolute Gasteiger partial charge is 0.452 e. The first-order chi connectivity index (χ1) is 12.7. The first-order valence-electron chi connectivity index (χ1n) is 8.25. The first kappa shape index (κ1) is 16.6. The number of esters is 1. The van der Waals surface area contributed by atoms with Crippen LogP contribution in [-0.2, 0) is 29.0 Å². The Morgan fingerprint density at radius 1 is 1.31 bits per heavy atom. The molecular formula is C18H17N3O4S. The van der Waals surface area contributed by atoms with Crippen LogP contribution in [-0.4, -0.2) is 39.7 Å². The zero-order valence-corrected chi connectivity index (χ0v) is 14.8. The summed E-state index contributed by atoms with van der Waals surface area (Å²) < 4.78 is 12.3. The molecule has 134 valence electrons. The molecule has 7 nitrogen and oxygen atoms in total. The van der Waals surface area contributed by atoms with Gasteiger partial charge in [0.25, 0.3) is 5.91 Å². The third-order valence-corrected chi connectivity index (χ3v) is 5.25. The van der Waals surface area contributed by atoms with Crippen molar-refractivity contribution in [2.75, 3.05) is 13.2 Å². The number of hydrogen-bond donors (Lipinski definition) is 0. The molecule has 1 aliphatic rings. The third kappa shape index (κ3) is 3.55. The lowest BCUT2D eigenvalue weighted by molar-refractivity contribution is -0.135. The second-order valence-electron chi connectivity index (χ2n) is 5.98. The molecule has 0 aliphatic carbocycles. The van der Waals surface area contributed by atoms with E-state index < -0.39 is 5.97 Å². The van der Waals surface area contributed by atoms with Gasteiger partial charge in [-0.05, 0) is 41.6 Å². The van der Waals surface area contributed by atoms with Crippen LogP contribution in [0.5, 0.6) is 0 Å². The van der Waals surface area contributed by atoms with Crippen molar-refractivity contribution in [1.82, 2.24) is 14.7 Å². The minimum absolute atomic E-state index is 0.0821. The highest BCUT2D eigenvalue weighted by Gasteiger charge is 2.23. The fourth-order valence-corrected chi connectivity index (χ4v) is 3.77. The van der Waals surface area contributed by atoms with Gasteiger partial charge in [-0.3, -0.25) is 9.48 Å². The van der Waals surface area contributed by atoms with Crippen LogP contribution >= 0.6 is 11.3 Å². The molecule has 0 aromatic carbocycles. The van der Waals surface area contributed by atoms with Crippen LogP contribution in [0.1, 0.15) is 26.8 Å². The van der Waals surface area contributed by atoms with Gasteiger partial charge < -0.3 is 14.1 Å². The van der Waals surface area contributed by atoms with Gasteiger partial charge in [-0.25, -0.2) is 4.79 Å². The number of amides is 1. The summed E-state index contributed by atoms with van der Waals surface area (Å²) in [5.74, 6) is -0.163. The van der Waals surface area contributed by atoms with Crippen LogP contribution in [0.3, 0.4) is 0 Å². The van der Waals surface area contributed by atoms with Gasteiger partial charge >= 0.3 is 5.97 Å². The summed E-state index contributed by atoms with van der Waals surface area (Å²) in [6.45, 7) is 1.37. The number of fused-ring (bicyclic) bond motifs is 1. The summed E-state index contributed by atoms with van der Waals surface area (Å²) in [5, 5.41) is 6.12. The SMILES string of the molecule is O=C(OCC(=O)N1CCc2sccc2C1)c1ccc(Cn2cccn2)o1. The molecule has 4 rings (SSSR count). The highest BCUT2D eigenvalue weighted by atomic mass is 32.1. The highest BCUT2D eigenvalue weighted by Crippen LogP contribution is 2.24. The predicted molar refractivity (Wildman–Crippen MR) is 93.8 cm³/mol. The molecule has 3 aromatic rings. The van der Waals surface area contributed by atoms with Gasteiger partial charge in [0.2, 0.25) is 5.76 Å². The third-order valence-electron chi connectivity index (χ3n) is 4.23. The summed E-state index contributed by atoms with van der Waals surface area (Å²) >= 11 is 1.72. The standard InChI is InChI=1S/C18H17N3O4S/c22-17(20-8-4-16-13(10-20)5-9-26-16)12-24-18(23)15-3-2-14(25-15)11-21-7-1-6-19-21/h1-3,5-7,9H,4,8,10-12H2. The second kappa shape index (κ2) is 7.17. The molecule has 0 spiro atoms. The number of carbonyl (C=O) groups excluding carboxylic acids is 2. The highest BCUT2D eigenvalue weighted by molar-refractivity contribution is 7.10. The van der Waals surface area contributed by atoms with E-state index in [-0.39, 0.29) is 18.3 Å². The van der Waals surface area contributed by atoms with Crippen molar-refractivity contribution in [1.29, 1.82) is 0 Å². The van der Waals surface area contributed by atoms with E-state index >= 15 is 0 Å². The molecule has 0 saturated carbocycles. The van der Waals surface area contributed by atoms with E-state index in [2.05, 4.69) is 5.10 Å². The number of hydrogen-bond acceptors (Lipinski definition) is 6. The zero-order valence-electron chi connectivity index (χ0n) is 14.0. The van der Waals surface area contributed by atoms with Crippen molar-refractivity contribution in [3.05, 3.63) is 64.0 Å². The molecule has 26 heavy (non-hydrogen) atoms. The van der Waals surface area contributed by atoms with Crippen molar-refractivity contribution in [3.8, 4) is 0 Å². The maximum Gasteiger partial charge on any atom is 0.374 e.